The molecule has 0 aliphatic heterocycles. The van der Waals surface area contributed by atoms with Gasteiger partial charge in [-0.1, -0.05) is 31.5 Å². The molecule has 0 spiro atoms. The summed E-state index contributed by atoms with van der Waals surface area (Å²) < 4.78 is 5.89. The van der Waals surface area contributed by atoms with Crippen LogP contribution < -0.4 is 0 Å². The van der Waals surface area contributed by atoms with E-state index in [9.17, 15) is 9.59 Å². The molecule has 0 saturated heterocycles. The lowest BCUT2D eigenvalue weighted by Gasteiger charge is -2.58. The van der Waals surface area contributed by atoms with Crippen molar-refractivity contribution in [3.05, 3.63) is 11.6 Å². The molecule has 3 saturated carbocycles. The highest BCUT2D eigenvalue weighted by molar-refractivity contribution is 5.96. The summed E-state index contributed by atoms with van der Waals surface area (Å²) in [5, 5.41) is 12.8. The van der Waals surface area contributed by atoms with E-state index in [1.165, 1.54) is 24.8 Å². The van der Waals surface area contributed by atoms with Gasteiger partial charge in [0.15, 0.2) is 0 Å². The molecule has 6 heteroatoms. The SMILES string of the molecule is CCC(=O)O[C@@H]1CC[C@@H]2[C@@H]3CCC4=C/C(=N/OCC(=O)O)CC[C@]4(C)[C@H]3CC[C@@]21C. The van der Waals surface area contributed by atoms with Gasteiger partial charge in [0.2, 0.25) is 6.61 Å². The van der Waals surface area contributed by atoms with Gasteiger partial charge >= 0.3 is 11.9 Å². The maximum absolute atomic E-state index is 12.0. The zero-order valence-electron chi connectivity index (χ0n) is 18.5. The predicted octanol–water partition coefficient (Wildman–Crippen LogP) is 4.73. The van der Waals surface area contributed by atoms with Crippen LogP contribution in [0.1, 0.15) is 78.6 Å². The number of carboxylic acid groups (broad SMARTS) is 1. The van der Waals surface area contributed by atoms with Crippen molar-refractivity contribution in [3.63, 3.8) is 0 Å². The smallest absolute Gasteiger partial charge is 0.344 e. The molecule has 30 heavy (non-hydrogen) atoms. The molecule has 1 N–H and O–H groups in total. The monoisotopic (exact) mass is 417 g/mol. The fourth-order valence-electron chi connectivity index (χ4n) is 7.20. The van der Waals surface area contributed by atoms with Crippen LogP contribution in [0.5, 0.6) is 0 Å². The van der Waals surface area contributed by atoms with Crippen LogP contribution in [0.25, 0.3) is 0 Å². The van der Waals surface area contributed by atoms with Crippen LogP contribution in [-0.4, -0.2) is 35.5 Å². The first-order valence-corrected chi connectivity index (χ1v) is 11.6. The number of carbonyl (C=O) groups is 2. The summed E-state index contributed by atoms with van der Waals surface area (Å²) in [7, 11) is 0. The van der Waals surface area contributed by atoms with Crippen molar-refractivity contribution in [2.24, 2.45) is 33.7 Å². The van der Waals surface area contributed by atoms with Gasteiger partial charge in [-0.15, -0.1) is 0 Å². The number of nitrogens with zero attached hydrogens (tertiary/aromatic N) is 1. The second-order valence-electron chi connectivity index (χ2n) is 10.2. The Bertz CT molecular complexity index is 774. The third-order valence-corrected chi connectivity index (χ3v) is 8.82. The van der Waals surface area contributed by atoms with Crippen LogP contribution in [0.2, 0.25) is 0 Å². The summed E-state index contributed by atoms with van der Waals surface area (Å²) in [4.78, 5) is 27.6. The molecule has 0 aromatic heterocycles. The maximum Gasteiger partial charge on any atom is 0.344 e. The number of carboxylic acids is 1. The second-order valence-corrected chi connectivity index (χ2v) is 10.2. The highest BCUT2D eigenvalue weighted by Gasteiger charge is 2.59. The summed E-state index contributed by atoms with van der Waals surface area (Å²) in [5.41, 5.74) is 2.64. The van der Waals surface area contributed by atoms with Crippen molar-refractivity contribution in [1.29, 1.82) is 0 Å². The minimum Gasteiger partial charge on any atom is -0.479 e. The summed E-state index contributed by atoms with van der Waals surface area (Å²) in [6.45, 7) is 6.28. The molecule has 6 nitrogen and oxygen atoms in total. The van der Waals surface area contributed by atoms with Gasteiger partial charge in [-0.2, -0.15) is 0 Å². The van der Waals surface area contributed by atoms with E-state index < -0.39 is 12.6 Å². The van der Waals surface area contributed by atoms with Gasteiger partial charge in [0.1, 0.15) is 6.10 Å². The molecule has 6 atom stereocenters. The third-order valence-electron chi connectivity index (χ3n) is 8.82. The van der Waals surface area contributed by atoms with Gasteiger partial charge in [0, 0.05) is 11.8 Å². The molecule has 4 aliphatic rings. The van der Waals surface area contributed by atoms with Crippen molar-refractivity contribution in [2.45, 2.75) is 84.7 Å². The predicted molar refractivity (Wildman–Crippen MR) is 113 cm³/mol. The number of hydrogen-bond donors (Lipinski definition) is 1. The molecule has 166 valence electrons. The Morgan fingerprint density at radius 1 is 1.13 bits per heavy atom. The number of esters is 1. The molecular weight excluding hydrogens is 382 g/mol. The Labute approximate surface area is 179 Å². The van der Waals surface area contributed by atoms with E-state index in [1.54, 1.807) is 0 Å². The first kappa shape index (κ1) is 21.4. The summed E-state index contributed by atoms with van der Waals surface area (Å²) >= 11 is 0. The number of oxime groups is 1. The summed E-state index contributed by atoms with van der Waals surface area (Å²) in [6.07, 6.45) is 11.3. The van der Waals surface area contributed by atoms with E-state index in [0.29, 0.717) is 24.2 Å². The topological polar surface area (TPSA) is 85.2 Å². The summed E-state index contributed by atoms with van der Waals surface area (Å²) in [6, 6.07) is 0. The van der Waals surface area contributed by atoms with Crippen LogP contribution in [0, 0.1) is 28.6 Å². The lowest BCUT2D eigenvalue weighted by molar-refractivity contribution is -0.159. The fourth-order valence-corrected chi connectivity index (χ4v) is 7.20. The highest BCUT2D eigenvalue weighted by Crippen LogP contribution is 2.65. The van der Waals surface area contributed by atoms with Gasteiger partial charge < -0.3 is 14.7 Å². The number of aliphatic carboxylic acids is 1. The minimum atomic E-state index is -1.00. The van der Waals surface area contributed by atoms with Crippen LogP contribution in [0.15, 0.2) is 16.8 Å². The van der Waals surface area contributed by atoms with E-state index in [-0.39, 0.29) is 22.9 Å². The first-order chi connectivity index (χ1) is 14.3. The third kappa shape index (κ3) is 3.56. The number of ether oxygens (including phenoxy) is 1. The number of allylic oxidation sites excluding steroid dienone is 2. The van der Waals surface area contributed by atoms with Crippen molar-refractivity contribution < 1.29 is 24.3 Å². The first-order valence-electron chi connectivity index (χ1n) is 11.6. The molecule has 0 bridgehead atoms. The van der Waals surface area contributed by atoms with Crippen molar-refractivity contribution in [1.82, 2.24) is 0 Å². The number of fused-ring (bicyclic) bond motifs is 5. The van der Waals surface area contributed by atoms with Crippen LogP contribution in [0.3, 0.4) is 0 Å². The van der Waals surface area contributed by atoms with Crippen molar-refractivity contribution in [3.8, 4) is 0 Å². The Balaban J connectivity index is 1.51. The average Bonchev–Trinajstić information content (AvgIpc) is 3.04. The van der Waals surface area contributed by atoms with E-state index in [0.717, 1.165) is 37.8 Å². The Kier molecular flexibility index (Phi) is 5.71. The van der Waals surface area contributed by atoms with Gasteiger partial charge in [-0.25, -0.2) is 4.79 Å². The van der Waals surface area contributed by atoms with E-state index in [1.807, 2.05) is 6.92 Å². The lowest BCUT2D eigenvalue weighted by atomic mass is 9.47. The van der Waals surface area contributed by atoms with E-state index in [4.69, 9.17) is 14.7 Å². The molecule has 0 unspecified atom stereocenters. The molecule has 4 aliphatic carbocycles. The standard InChI is InChI=1S/C24H35NO5/c1-4-22(28)30-20-8-7-18-17-6-5-15-13-16(25-29-14-21(26)27)9-11-23(15,2)19(17)10-12-24(18,20)3/h13,17-20H,4-12,14H2,1-3H3,(H,26,27)/b25-16+/t17-,18+,19-,20+,23-,24-/m0/s1. The molecule has 4 rings (SSSR count). The van der Waals surface area contributed by atoms with Crippen LogP contribution in [0.4, 0.5) is 0 Å². The van der Waals surface area contributed by atoms with Gasteiger partial charge in [-0.05, 0) is 80.6 Å². The highest BCUT2D eigenvalue weighted by atomic mass is 16.6. The van der Waals surface area contributed by atoms with Gasteiger partial charge in [0.25, 0.3) is 0 Å². The molecule has 0 radical (unpaired) electrons. The average molecular weight is 418 g/mol. The van der Waals surface area contributed by atoms with Crippen molar-refractivity contribution in [2.75, 3.05) is 6.61 Å². The van der Waals surface area contributed by atoms with Gasteiger partial charge in [0.05, 0.1) is 5.71 Å². The quantitative estimate of drug-likeness (QED) is 0.516. The maximum atomic E-state index is 12.0. The Morgan fingerprint density at radius 3 is 2.67 bits per heavy atom. The largest absolute Gasteiger partial charge is 0.479 e. The molecule has 0 heterocycles. The second kappa shape index (κ2) is 8.01. The molecule has 0 amide bonds. The van der Waals surface area contributed by atoms with Crippen LogP contribution >= 0.6 is 0 Å². The fraction of sp³-hybridized carbons (Fsp3) is 0.792. The van der Waals surface area contributed by atoms with E-state index >= 15 is 0 Å². The number of carbonyl (C=O) groups excluding carboxylic acids is 1. The zero-order valence-corrected chi connectivity index (χ0v) is 18.5. The zero-order chi connectivity index (χ0) is 21.5. The van der Waals surface area contributed by atoms with E-state index in [2.05, 4.69) is 25.1 Å². The molecule has 0 aromatic carbocycles. The number of hydrogen-bond acceptors (Lipinski definition) is 5. The number of rotatable bonds is 5. The molecule has 0 aromatic rings. The molecular formula is C24H35NO5. The normalized spacial score (nSPS) is 41.3. The lowest BCUT2D eigenvalue weighted by Crippen LogP contribution is -2.51. The van der Waals surface area contributed by atoms with Crippen LogP contribution in [-0.2, 0) is 19.2 Å². The van der Waals surface area contributed by atoms with Gasteiger partial charge in [-0.3, -0.25) is 4.79 Å². The minimum absolute atomic E-state index is 0.0611. The Hall–Kier alpha value is -1.85. The Morgan fingerprint density at radius 2 is 1.93 bits per heavy atom. The van der Waals surface area contributed by atoms with Crippen molar-refractivity contribution >= 4 is 17.7 Å². The summed E-state index contributed by atoms with van der Waals surface area (Å²) in [5.74, 6) is 0.931. The molecule has 3 fully saturated rings.